The van der Waals surface area contributed by atoms with E-state index in [4.69, 9.17) is 10.3 Å². The Hall–Kier alpha value is -1.99. The minimum atomic E-state index is -0.817. The maximum Gasteiger partial charge on any atom is 0.326 e. The van der Waals surface area contributed by atoms with E-state index in [1.807, 2.05) is 0 Å². The van der Waals surface area contributed by atoms with Crippen LogP contribution in [0.3, 0.4) is 0 Å². The number of amides is 2. The Morgan fingerprint density at radius 3 is 2.52 bits per heavy atom. The third-order valence-corrected chi connectivity index (χ3v) is 3.58. The molecule has 9 heteroatoms. The summed E-state index contributed by atoms with van der Waals surface area (Å²) < 4.78 is 4.87. The molecule has 1 aliphatic rings. The topological polar surface area (TPSA) is 111 Å². The first-order chi connectivity index (χ1) is 9.96. The van der Waals surface area contributed by atoms with Crippen LogP contribution < -0.4 is 5.32 Å². The van der Waals surface area contributed by atoms with Crippen molar-refractivity contribution in [3.8, 4) is 0 Å². The molecule has 0 atom stereocenters. The van der Waals surface area contributed by atoms with E-state index >= 15 is 0 Å². The summed E-state index contributed by atoms with van der Waals surface area (Å²) in [6.07, 6.45) is 0.936. The second kappa shape index (κ2) is 7.70. The summed E-state index contributed by atoms with van der Waals surface area (Å²) in [5.74, 6) is -0.347. The van der Waals surface area contributed by atoms with Gasteiger partial charge in [0.1, 0.15) is 5.54 Å². The fourth-order valence-corrected chi connectivity index (χ4v) is 2.40. The molecule has 118 valence electrons. The summed E-state index contributed by atoms with van der Waals surface area (Å²) in [4.78, 5) is 29.9. The average molecular weight is 298 g/mol. The van der Waals surface area contributed by atoms with E-state index in [2.05, 4.69) is 15.3 Å². The van der Waals surface area contributed by atoms with Crippen molar-refractivity contribution >= 4 is 12.0 Å². The molecule has 1 saturated heterocycles. The predicted molar refractivity (Wildman–Crippen MR) is 76.7 cm³/mol. The molecule has 0 spiro atoms. The quantitative estimate of drug-likeness (QED) is 0.263. The Balaban J connectivity index is 2.68. The number of likely N-dealkylation sites (tertiary alicyclic amines) is 1. The molecule has 0 aromatic heterocycles. The zero-order chi connectivity index (χ0) is 15.9. The molecule has 1 N–H and O–H groups in total. The molecule has 0 saturated carbocycles. The minimum Gasteiger partial charge on any atom is -0.468 e. The Kier molecular flexibility index (Phi) is 6.26. The Labute approximate surface area is 123 Å². The predicted octanol–water partition coefficient (Wildman–Crippen LogP) is 0.575. The second-order valence-electron chi connectivity index (χ2n) is 5.12. The van der Waals surface area contributed by atoms with Crippen LogP contribution in [0.2, 0.25) is 0 Å². The van der Waals surface area contributed by atoms with Gasteiger partial charge in [-0.15, -0.1) is 0 Å². The zero-order valence-corrected chi connectivity index (χ0v) is 12.7. The molecule has 0 aromatic rings. The first-order valence-corrected chi connectivity index (χ1v) is 6.77. The molecule has 21 heavy (non-hydrogen) atoms. The minimum absolute atomic E-state index is 0.0671. The molecule has 0 aliphatic carbocycles. The number of rotatable bonds is 5. The number of azide groups is 1. The average Bonchev–Trinajstić information content (AvgIpc) is 2.50. The summed E-state index contributed by atoms with van der Waals surface area (Å²) in [5.41, 5.74) is 7.44. The third-order valence-electron chi connectivity index (χ3n) is 3.58. The van der Waals surface area contributed by atoms with Crippen LogP contribution >= 0.6 is 0 Å². The molecule has 1 rings (SSSR count). The molecule has 0 aromatic carbocycles. The Morgan fingerprint density at radius 2 is 2.05 bits per heavy atom. The number of urea groups is 1. The van der Waals surface area contributed by atoms with Crippen molar-refractivity contribution in [2.24, 2.45) is 5.11 Å². The lowest BCUT2D eigenvalue weighted by Crippen LogP contribution is -2.60. The van der Waals surface area contributed by atoms with E-state index in [-0.39, 0.29) is 18.5 Å². The molecule has 0 radical (unpaired) electrons. The Bertz CT molecular complexity index is 425. The number of hydrogen-bond acceptors (Lipinski definition) is 5. The highest BCUT2D eigenvalue weighted by Gasteiger charge is 2.42. The SMILES string of the molecule is COC(=O)C1(NCCN=[N+]=[N-])CCN(C(=O)N(C)C)CC1. The number of piperidine rings is 1. The van der Waals surface area contributed by atoms with Gasteiger partial charge in [0.05, 0.1) is 7.11 Å². The van der Waals surface area contributed by atoms with E-state index in [9.17, 15) is 9.59 Å². The van der Waals surface area contributed by atoms with Gasteiger partial charge in [0.2, 0.25) is 0 Å². The van der Waals surface area contributed by atoms with E-state index < -0.39 is 5.54 Å². The fraction of sp³-hybridized carbons (Fsp3) is 0.833. The molecule has 0 unspecified atom stereocenters. The summed E-state index contributed by atoms with van der Waals surface area (Å²) in [7, 11) is 4.74. The van der Waals surface area contributed by atoms with Gasteiger partial charge in [0.25, 0.3) is 0 Å². The van der Waals surface area contributed by atoms with Crippen LogP contribution in [0.4, 0.5) is 4.79 Å². The van der Waals surface area contributed by atoms with E-state index in [0.29, 0.717) is 32.5 Å². The van der Waals surface area contributed by atoms with Gasteiger partial charge in [-0.1, -0.05) is 5.11 Å². The number of nitrogens with zero attached hydrogens (tertiary/aromatic N) is 5. The van der Waals surface area contributed by atoms with E-state index in [0.717, 1.165) is 0 Å². The number of methoxy groups -OCH3 is 1. The van der Waals surface area contributed by atoms with Crippen molar-refractivity contribution in [2.45, 2.75) is 18.4 Å². The number of carbonyl (C=O) groups is 2. The smallest absolute Gasteiger partial charge is 0.326 e. The molecule has 1 aliphatic heterocycles. The van der Waals surface area contributed by atoms with Gasteiger partial charge in [0, 0.05) is 45.2 Å². The van der Waals surface area contributed by atoms with Gasteiger partial charge >= 0.3 is 12.0 Å². The van der Waals surface area contributed by atoms with Crippen LogP contribution in [-0.2, 0) is 9.53 Å². The number of nitrogens with one attached hydrogen (secondary N) is 1. The number of hydrogen-bond donors (Lipinski definition) is 1. The lowest BCUT2D eigenvalue weighted by atomic mass is 9.87. The van der Waals surface area contributed by atoms with E-state index in [1.165, 1.54) is 12.0 Å². The number of ether oxygens (including phenoxy) is 1. The first kappa shape index (κ1) is 17.1. The van der Waals surface area contributed by atoms with Crippen molar-refractivity contribution in [1.29, 1.82) is 0 Å². The molecular weight excluding hydrogens is 276 g/mol. The van der Waals surface area contributed by atoms with Crippen LogP contribution in [0.15, 0.2) is 5.11 Å². The molecule has 2 amide bonds. The Morgan fingerprint density at radius 1 is 1.43 bits per heavy atom. The van der Waals surface area contributed by atoms with Crippen LogP contribution in [0.1, 0.15) is 12.8 Å². The normalized spacial score (nSPS) is 16.8. The molecule has 1 heterocycles. The van der Waals surface area contributed by atoms with Gasteiger partial charge in [-0.05, 0) is 18.4 Å². The third kappa shape index (κ3) is 4.24. The monoisotopic (exact) mass is 298 g/mol. The van der Waals surface area contributed by atoms with Crippen molar-refractivity contribution in [3.63, 3.8) is 0 Å². The van der Waals surface area contributed by atoms with Gasteiger partial charge in [-0.25, -0.2) is 4.79 Å². The van der Waals surface area contributed by atoms with Crippen LogP contribution in [0, 0.1) is 0 Å². The van der Waals surface area contributed by atoms with Gasteiger partial charge in [0.15, 0.2) is 0 Å². The summed E-state index contributed by atoms with van der Waals surface area (Å²) in [5, 5.41) is 6.55. The van der Waals surface area contributed by atoms with Gasteiger partial charge < -0.3 is 19.9 Å². The molecule has 1 fully saturated rings. The number of carbonyl (C=O) groups excluding carboxylic acids is 2. The van der Waals surface area contributed by atoms with Gasteiger partial charge in [-0.3, -0.25) is 4.79 Å². The van der Waals surface area contributed by atoms with Crippen molar-refractivity contribution in [2.75, 3.05) is 47.4 Å². The molecular formula is C12H22N6O3. The van der Waals surface area contributed by atoms with Crippen LogP contribution in [0.25, 0.3) is 10.4 Å². The highest BCUT2D eigenvalue weighted by atomic mass is 16.5. The summed E-state index contributed by atoms with van der Waals surface area (Å²) in [6, 6.07) is -0.0671. The van der Waals surface area contributed by atoms with Crippen molar-refractivity contribution in [1.82, 2.24) is 15.1 Å². The maximum absolute atomic E-state index is 12.1. The highest BCUT2D eigenvalue weighted by molar-refractivity contribution is 5.82. The maximum atomic E-state index is 12.1. The van der Waals surface area contributed by atoms with Crippen molar-refractivity contribution < 1.29 is 14.3 Å². The van der Waals surface area contributed by atoms with E-state index in [1.54, 1.807) is 19.0 Å². The molecule has 9 nitrogen and oxygen atoms in total. The van der Waals surface area contributed by atoms with Crippen LogP contribution in [-0.4, -0.2) is 74.7 Å². The standard InChI is InChI=1S/C12H22N6O3/c1-17(2)11(20)18-8-4-12(5-9-18,10(19)21-3)14-6-7-15-16-13/h14H,4-9H2,1-3H3. The lowest BCUT2D eigenvalue weighted by molar-refractivity contribution is -0.150. The van der Waals surface area contributed by atoms with Gasteiger partial charge in [-0.2, -0.15) is 0 Å². The summed E-state index contributed by atoms with van der Waals surface area (Å²) in [6.45, 7) is 1.59. The highest BCUT2D eigenvalue weighted by Crippen LogP contribution is 2.24. The zero-order valence-electron chi connectivity index (χ0n) is 12.7. The molecule has 0 bridgehead atoms. The largest absolute Gasteiger partial charge is 0.468 e. The first-order valence-electron chi connectivity index (χ1n) is 6.77. The number of esters is 1. The van der Waals surface area contributed by atoms with Crippen molar-refractivity contribution in [3.05, 3.63) is 10.4 Å². The lowest BCUT2D eigenvalue weighted by Gasteiger charge is -2.40. The fourth-order valence-electron chi connectivity index (χ4n) is 2.40. The summed E-state index contributed by atoms with van der Waals surface area (Å²) >= 11 is 0. The second-order valence-corrected chi connectivity index (χ2v) is 5.12. The van der Waals surface area contributed by atoms with Crippen LogP contribution in [0.5, 0.6) is 0 Å².